The zero-order valence-electron chi connectivity index (χ0n) is 12.5. The lowest BCUT2D eigenvalue weighted by Crippen LogP contribution is -2.24. The summed E-state index contributed by atoms with van der Waals surface area (Å²) in [5.74, 6) is 0. The molecule has 0 fully saturated rings. The van der Waals surface area contributed by atoms with Crippen molar-refractivity contribution in [2.45, 2.75) is 46.3 Å². The molecule has 2 rings (SSSR count). The first-order valence-corrected chi connectivity index (χ1v) is 7.35. The van der Waals surface area contributed by atoms with Crippen molar-refractivity contribution in [3.63, 3.8) is 0 Å². The Kier molecular flexibility index (Phi) is 4.83. The Labute approximate surface area is 124 Å². The second kappa shape index (κ2) is 6.41. The van der Waals surface area contributed by atoms with E-state index >= 15 is 0 Å². The minimum absolute atomic E-state index is 0.449. The zero-order chi connectivity index (χ0) is 14.7. The molecule has 2 aromatic heterocycles. The summed E-state index contributed by atoms with van der Waals surface area (Å²) >= 11 is 6.39. The highest BCUT2D eigenvalue weighted by Gasteiger charge is 2.14. The van der Waals surface area contributed by atoms with Crippen LogP contribution in [-0.2, 0) is 26.6 Å². The molecule has 0 saturated heterocycles. The Morgan fingerprint density at radius 1 is 1.40 bits per heavy atom. The summed E-state index contributed by atoms with van der Waals surface area (Å²) in [4.78, 5) is 0. The van der Waals surface area contributed by atoms with E-state index in [1.807, 2.05) is 28.7 Å². The van der Waals surface area contributed by atoms with Crippen LogP contribution in [0.1, 0.15) is 37.9 Å². The van der Waals surface area contributed by atoms with E-state index in [9.17, 15) is 0 Å². The van der Waals surface area contributed by atoms with Crippen LogP contribution >= 0.6 is 11.6 Å². The SMILES string of the molecule is CCc1nn(C)c(Cn2nccc2CNC(C)C)c1Cl. The van der Waals surface area contributed by atoms with Crippen LogP contribution in [0.4, 0.5) is 0 Å². The molecule has 6 heteroatoms. The minimum Gasteiger partial charge on any atom is -0.309 e. The second-order valence-corrected chi connectivity index (χ2v) is 5.58. The lowest BCUT2D eigenvalue weighted by molar-refractivity contribution is 0.537. The topological polar surface area (TPSA) is 47.7 Å². The summed E-state index contributed by atoms with van der Waals surface area (Å²) in [5, 5.41) is 13.0. The van der Waals surface area contributed by atoms with Crippen LogP contribution in [-0.4, -0.2) is 25.6 Å². The van der Waals surface area contributed by atoms with Crippen molar-refractivity contribution >= 4 is 11.6 Å². The average molecular weight is 296 g/mol. The van der Waals surface area contributed by atoms with E-state index in [4.69, 9.17) is 11.6 Å². The molecule has 0 radical (unpaired) electrons. The molecular weight excluding hydrogens is 274 g/mol. The molecule has 20 heavy (non-hydrogen) atoms. The second-order valence-electron chi connectivity index (χ2n) is 5.20. The van der Waals surface area contributed by atoms with Gasteiger partial charge < -0.3 is 5.32 Å². The van der Waals surface area contributed by atoms with Crippen molar-refractivity contribution in [3.8, 4) is 0 Å². The van der Waals surface area contributed by atoms with Gasteiger partial charge in [0.2, 0.25) is 0 Å². The number of rotatable bonds is 6. The van der Waals surface area contributed by atoms with Crippen molar-refractivity contribution in [2.75, 3.05) is 0 Å². The molecule has 0 saturated carbocycles. The van der Waals surface area contributed by atoms with E-state index in [0.717, 1.165) is 35.1 Å². The maximum Gasteiger partial charge on any atom is 0.0869 e. The molecule has 0 aliphatic rings. The van der Waals surface area contributed by atoms with E-state index in [1.165, 1.54) is 0 Å². The van der Waals surface area contributed by atoms with Gasteiger partial charge >= 0.3 is 0 Å². The number of hydrogen-bond donors (Lipinski definition) is 1. The van der Waals surface area contributed by atoms with Crippen molar-refractivity contribution in [1.29, 1.82) is 0 Å². The van der Waals surface area contributed by atoms with Crippen molar-refractivity contribution in [1.82, 2.24) is 24.9 Å². The van der Waals surface area contributed by atoms with Gasteiger partial charge in [0.15, 0.2) is 0 Å². The lowest BCUT2D eigenvalue weighted by atomic mass is 10.3. The summed E-state index contributed by atoms with van der Waals surface area (Å²) in [5.41, 5.74) is 3.09. The molecule has 0 unspecified atom stereocenters. The third kappa shape index (κ3) is 3.22. The molecule has 1 N–H and O–H groups in total. The van der Waals surface area contributed by atoms with E-state index in [1.54, 1.807) is 0 Å². The molecule has 0 amide bonds. The van der Waals surface area contributed by atoms with Gasteiger partial charge in [-0.05, 0) is 12.5 Å². The fourth-order valence-corrected chi connectivity index (χ4v) is 2.45. The van der Waals surface area contributed by atoms with Gasteiger partial charge in [-0.1, -0.05) is 32.4 Å². The van der Waals surface area contributed by atoms with Gasteiger partial charge in [-0.3, -0.25) is 9.36 Å². The molecule has 110 valence electrons. The lowest BCUT2D eigenvalue weighted by Gasteiger charge is -2.11. The van der Waals surface area contributed by atoms with Crippen molar-refractivity contribution in [3.05, 3.63) is 34.4 Å². The van der Waals surface area contributed by atoms with Gasteiger partial charge in [0.25, 0.3) is 0 Å². The van der Waals surface area contributed by atoms with Gasteiger partial charge in [0, 0.05) is 25.8 Å². The fraction of sp³-hybridized carbons (Fsp3) is 0.571. The number of aryl methyl sites for hydroxylation is 2. The summed E-state index contributed by atoms with van der Waals surface area (Å²) in [6.07, 6.45) is 2.66. The van der Waals surface area contributed by atoms with Gasteiger partial charge in [-0.25, -0.2) is 0 Å². The predicted molar refractivity (Wildman–Crippen MR) is 80.9 cm³/mol. The zero-order valence-corrected chi connectivity index (χ0v) is 13.3. The first kappa shape index (κ1) is 15.1. The maximum atomic E-state index is 6.39. The standard InChI is InChI=1S/C14H22ClN5/c1-5-12-14(15)13(19(4)18-12)9-20-11(6-7-17-20)8-16-10(2)3/h6-7,10,16H,5,8-9H2,1-4H3. The molecule has 0 atom stereocenters. The highest BCUT2D eigenvalue weighted by Crippen LogP contribution is 2.21. The van der Waals surface area contributed by atoms with Gasteiger partial charge in [0.05, 0.1) is 28.6 Å². The van der Waals surface area contributed by atoms with E-state index in [0.29, 0.717) is 12.6 Å². The normalized spacial score (nSPS) is 11.5. The number of hydrogen-bond acceptors (Lipinski definition) is 3. The number of nitrogens with zero attached hydrogens (tertiary/aromatic N) is 4. The minimum atomic E-state index is 0.449. The Morgan fingerprint density at radius 3 is 2.75 bits per heavy atom. The number of halogens is 1. The highest BCUT2D eigenvalue weighted by atomic mass is 35.5. The quantitative estimate of drug-likeness (QED) is 0.890. The summed E-state index contributed by atoms with van der Waals surface area (Å²) < 4.78 is 3.82. The van der Waals surface area contributed by atoms with Crippen LogP contribution in [0.5, 0.6) is 0 Å². The van der Waals surface area contributed by atoms with Crippen LogP contribution in [0.15, 0.2) is 12.3 Å². The van der Waals surface area contributed by atoms with Crippen molar-refractivity contribution < 1.29 is 0 Å². The van der Waals surface area contributed by atoms with Crippen LogP contribution in [0.2, 0.25) is 5.02 Å². The third-order valence-electron chi connectivity index (χ3n) is 3.30. The maximum absolute atomic E-state index is 6.39. The predicted octanol–water partition coefficient (Wildman–Crippen LogP) is 2.38. The summed E-state index contributed by atoms with van der Waals surface area (Å²) in [6, 6.07) is 2.48. The van der Waals surface area contributed by atoms with Gasteiger partial charge in [-0.15, -0.1) is 0 Å². The Hall–Kier alpha value is -1.33. The molecule has 0 aromatic carbocycles. The van der Waals surface area contributed by atoms with Crippen LogP contribution in [0.3, 0.4) is 0 Å². The molecule has 2 aromatic rings. The Morgan fingerprint density at radius 2 is 2.15 bits per heavy atom. The van der Waals surface area contributed by atoms with Gasteiger partial charge in [0.1, 0.15) is 0 Å². The Bertz CT molecular complexity index is 570. The fourth-order valence-electron chi connectivity index (χ4n) is 2.09. The molecule has 2 heterocycles. The largest absolute Gasteiger partial charge is 0.309 e. The van der Waals surface area contributed by atoms with E-state index < -0.39 is 0 Å². The first-order chi connectivity index (χ1) is 9.52. The molecule has 0 aliphatic heterocycles. The first-order valence-electron chi connectivity index (χ1n) is 6.97. The smallest absolute Gasteiger partial charge is 0.0869 e. The Balaban J connectivity index is 2.18. The third-order valence-corrected chi connectivity index (χ3v) is 3.73. The average Bonchev–Trinajstić information content (AvgIpc) is 2.95. The number of nitrogens with one attached hydrogen (secondary N) is 1. The molecule has 5 nitrogen and oxygen atoms in total. The molecule has 0 spiro atoms. The molecule has 0 aliphatic carbocycles. The summed E-state index contributed by atoms with van der Waals surface area (Å²) in [7, 11) is 1.93. The molecular formula is C14H22ClN5. The highest BCUT2D eigenvalue weighted by molar-refractivity contribution is 6.31. The van der Waals surface area contributed by atoms with Crippen LogP contribution in [0, 0.1) is 0 Å². The van der Waals surface area contributed by atoms with Crippen LogP contribution < -0.4 is 5.32 Å². The van der Waals surface area contributed by atoms with E-state index in [-0.39, 0.29) is 0 Å². The molecule has 0 bridgehead atoms. The van der Waals surface area contributed by atoms with E-state index in [2.05, 4.69) is 36.3 Å². The van der Waals surface area contributed by atoms with Gasteiger partial charge in [-0.2, -0.15) is 10.2 Å². The summed E-state index contributed by atoms with van der Waals surface area (Å²) in [6.45, 7) is 7.76. The van der Waals surface area contributed by atoms with Crippen LogP contribution in [0.25, 0.3) is 0 Å². The van der Waals surface area contributed by atoms with Crippen molar-refractivity contribution in [2.24, 2.45) is 7.05 Å². The number of aromatic nitrogens is 4. The monoisotopic (exact) mass is 295 g/mol.